The van der Waals surface area contributed by atoms with Crippen molar-refractivity contribution in [1.82, 2.24) is 14.5 Å². The smallest absolute Gasteiger partial charge is 0.157 e. The molecule has 1 aliphatic rings. The predicted molar refractivity (Wildman–Crippen MR) is 77.2 cm³/mol. The summed E-state index contributed by atoms with van der Waals surface area (Å²) >= 11 is 3.63. The maximum atomic E-state index is 4.56. The van der Waals surface area contributed by atoms with E-state index >= 15 is 0 Å². The minimum atomic E-state index is 0.519. The summed E-state index contributed by atoms with van der Waals surface area (Å²) in [4.78, 5) is 11.5. The van der Waals surface area contributed by atoms with E-state index in [0.717, 1.165) is 28.7 Å². The van der Waals surface area contributed by atoms with Gasteiger partial charge in [-0.05, 0) is 18.4 Å². The van der Waals surface area contributed by atoms with Crippen LogP contribution in [0.4, 0.5) is 5.82 Å². The zero-order valence-electron chi connectivity index (χ0n) is 10.7. The van der Waals surface area contributed by atoms with Gasteiger partial charge in [-0.2, -0.15) is 0 Å². The first-order valence-electron chi connectivity index (χ1n) is 6.31. The van der Waals surface area contributed by atoms with Crippen molar-refractivity contribution in [3.8, 4) is 0 Å². The van der Waals surface area contributed by atoms with E-state index in [9.17, 15) is 0 Å². The molecular weight excluding hydrogens is 292 g/mol. The van der Waals surface area contributed by atoms with Crippen LogP contribution in [0.2, 0.25) is 0 Å². The van der Waals surface area contributed by atoms with Gasteiger partial charge < -0.3 is 9.47 Å². The Morgan fingerprint density at radius 1 is 1.44 bits per heavy atom. The molecule has 1 aliphatic heterocycles. The SMILES string of the molecule is CC1CCN(c2nccc3c2ncn3C)C1CBr. The lowest BCUT2D eigenvalue weighted by Crippen LogP contribution is -2.34. The standard InChI is InChI=1S/C13H17BrN4/c1-9-4-6-18(11(9)7-14)13-12-10(3-5-15-13)17(2)8-16-12/h3,5,8-9,11H,4,6-7H2,1-2H3. The Morgan fingerprint density at radius 2 is 2.28 bits per heavy atom. The maximum Gasteiger partial charge on any atom is 0.157 e. The van der Waals surface area contributed by atoms with Gasteiger partial charge in [0, 0.05) is 31.2 Å². The van der Waals surface area contributed by atoms with Crippen molar-refractivity contribution in [3.63, 3.8) is 0 Å². The van der Waals surface area contributed by atoms with E-state index in [1.807, 2.05) is 30.2 Å². The fourth-order valence-electron chi connectivity index (χ4n) is 2.76. The number of pyridine rings is 1. The molecule has 0 aromatic carbocycles. The predicted octanol–water partition coefficient (Wildman–Crippen LogP) is 2.58. The van der Waals surface area contributed by atoms with Gasteiger partial charge in [-0.15, -0.1) is 0 Å². The first kappa shape index (κ1) is 12.0. The van der Waals surface area contributed by atoms with Crippen molar-refractivity contribution in [3.05, 3.63) is 18.6 Å². The molecule has 1 fully saturated rings. The van der Waals surface area contributed by atoms with Crippen LogP contribution in [0.5, 0.6) is 0 Å². The summed E-state index contributed by atoms with van der Waals surface area (Å²) in [5.41, 5.74) is 2.16. The molecule has 0 N–H and O–H groups in total. The van der Waals surface area contributed by atoms with Crippen LogP contribution in [-0.2, 0) is 7.05 Å². The van der Waals surface area contributed by atoms with Gasteiger partial charge in [-0.25, -0.2) is 9.97 Å². The van der Waals surface area contributed by atoms with Crippen molar-refractivity contribution >= 4 is 32.8 Å². The molecule has 1 saturated heterocycles. The monoisotopic (exact) mass is 308 g/mol. The van der Waals surface area contributed by atoms with Gasteiger partial charge in [0.2, 0.25) is 0 Å². The number of nitrogens with zero attached hydrogens (tertiary/aromatic N) is 4. The lowest BCUT2D eigenvalue weighted by Gasteiger charge is -2.26. The third-order valence-electron chi connectivity index (χ3n) is 3.94. The summed E-state index contributed by atoms with van der Waals surface area (Å²) in [5.74, 6) is 1.73. The van der Waals surface area contributed by atoms with Crippen LogP contribution in [0.3, 0.4) is 0 Å². The summed E-state index contributed by atoms with van der Waals surface area (Å²) in [6, 6.07) is 2.54. The molecule has 2 aromatic heterocycles. The molecule has 0 radical (unpaired) electrons. The van der Waals surface area contributed by atoms with E-state index in [1.165, 1.54) is 6.42 Å². The minimum Gasteiger partial charge on any atom is -0.351 e. The topological polar surface area (TPSA) is 34.0 Å². The number of aromatic nitrogens is 3. The maximum absolute atomic E-state index is 4.56. The number of halogens is 1. The molecule has 3 heterocycles. The highest BCUT2D eigenvalue weighted by Gasteiger charge is 2.32. The highest BCUT2D eigenvalue weighted by molar-refractivity contribution is 9.09. The second-order valence-electron chi connectivity index (χ2n) is 5.04. The van der Waals surface area contributed by atoms with Gasteiger partial charge in [-0.3, -0.25) is 0 Å². The Kier molecular flexibility index (Phi) is 3.01. The van der Waals surface area contributed by atoms with Crippen LogP contribution >= 0.6 is 15.9 Å². The van der Waals surface area contributed by atoms with Gasteiger partial charge in [0.1, 0.15) is 5.52 Å². The summed E-state index contributed by atoms with van der Waals surface area (Å²) in [7, 11) is 2.02. The van der Waals surface area contributed by atoms with Crippen molar-refractivity contribution in [2.24, 2.45) is 13.0 Å². The summed E-state index contributed by atoms with van der Waals surface area (Å²) in [5, 5.41) is 0.985. The lowest BCUT2D eigenvalue weighted by molar-refractivity contribution is 0.553. The third-order valence-corrected chi connectivity index (χ3v) is 4.60. The Balaban J connectivity index is 2.09. The van der Waals surface area contributed by atoms with Crippen LogP contribution in [-0.4, -0.2) is 32.5 Å². The van der Waals surface area contributed by atoms with Crippen molar-refractivity contribution < 1.29 is 0 Å². The Hall–Kier alpha value is -1.10. The van der Waals surface area contributed by atoms with Gasteiger partial charge in [-0.1, -0.05) is 22.9 Å². The van der Waals surface area contributed by atoms with Gasteiger partial charge in [0.05, 0.1) is 11.8 Å². The van der Waals surface area contributed by atoms with E-state index in [1.54, 1.807) is 0 Å². The molecule has 5 heteroatoms. The molecule has 2 aromatic rings. The number of hydrogen-bond acceptors (Lipinski definition) is 3. The average molecular weight is 309 g/mol. The molecule has 18 heavy (non-hydrogen) atoms. The average Bonchev–Trinajstić information content (AvgIpc) is 2.93. The van der Waals surface area contributed by atoms with Crippen molar-refractivity contribution in [2.75, 3.05) is 16.8 Å². The van der Waals surface area contributed by atoms with Crippen LogP contribution < -0.4 is 4.90 Å². The van der Waals surface area contributed by atoms with Gasteiger partial charge in [0.25, 0.3) is 0 Å². The summed E-state index contributed by atoms with van der Waals surface area (Å²) in [6.07, 6.45) is 4.97. The quantitative estimate of drug-likeness (QED) is 0.800. The molecule has 4 nitrogen and oxygen atoms in total. The van der Waals surface area contributed by atoms with E-state index in [2.05, 4.69) is 37.7 Å². The van der Waals surface area contributed by atoms with E-state index in [4.69, 9.17) is 0 Å². The number of fused-ring (bicyclic) bond motifs is 1. The molecule has 0 spiro atoms. The Morgan fingerprint density at radius 3 is 3.06 bits per heavy atom. The normalized spacial score (nSPS) is 24.1. The first-order chi connectivity index (χ1) is 8.72. The van der Waals surface area contributed by atoms with Crippen LogP contribution in [0.1, 0.15) is 13.3 Å². The summed E-state index contributed by atoms with van der Waals surface area (Å²) in [6.45, 7) is 3.38. The summed E-state index contributed by atoms with van der Waals surface area (Å²) < 4.78 is 2.04. The molecule has 3 rings (SSSR count). The van der Waals surface area contributed by atoms with Crippen molar-refractivity contribution in [1.29, 1.82) is 0 Å². The highest BCUT2D eigenvalue weighted by atomic mass is 79.9. The molecule has 2 unspecified atom stereocenters. The molecule has 0 bridgehead atoms. The van der Waals surface area contributed by atoms with E-state index < -0.39 is 0 Å². The highest BCUT2D eigenvalue weighted by Crippen LogP contribution is 2.32. The molecule has 96 valence electrons. The number of alkyl halides is 1. The number of anilines is 1. The van der Waals surface area contributed by atoms with Crippen LogP contribution in [0, 0.1) is 5.92 Å². The zero-order chi connectivity index (χ0) is 12.7. The minimum absolute atomic E-state index is 0.519. The molecule has 0 saturated carbocycles. The third kappa shape index (κ3) is 1.72. The van der Waals surface area contributed by atoms with E-state index in [0.29, 0.717) is 12.0 Å². The Labute approximate surface area is 115 Å². The fourth-order valence-corrected chi connectivity index (χ4v) is 3.75. The second kappa shape index (κ2) is 4.53. The first-order valence-corrected chi connectivity index (χ1v) is 7.43. The van der Waals surface area contributed by atoms with Gasteiger partial charge in [0.15, 0.2) is 5.82 Å². The molecule has 2 atom stereocenters. The number of aryl methyl sites for hydroxylation is 1. The second-order valence-corrected chi connectivity index (χ2v) is 5.69. The molecule has 0 aliphatic carbocycles. The molecular formula is C13H17BrN4. The lowest BCUT2D eigenvalue weighted by atomic mass is 10.1. The van der Waals surface area contributed by atoms with Crippen LogP contribution in [0.25, 0.3) is 11.0 Å². The van der Waals surface area contributed by atoms with Gasteiger partial charge >= 0.3 is 0 Å². The number of imidazole rings is 1. The van der Waals surface area contributed by atoms with Crippen LogP contribution in [0.15, 0.2) is 18.6 Å². The van der Waals surface area contributed by atoms with Crippen molar-refractivity contribution in [2.45, 2.75) is 19.4 Å². The zero-order valence-corrected chi connectivity index (χ0v) is 12.3. The fraction of sp³-hybridized carbons (Fsp3) is 0.538. The molecule has 0 amide bonds. The van der Waals surface area contributed by atoms with E-state index in [-0.39, 0.29) is 0 Å². The Bertz CT molecular complexity index is 565. The number of rotatable bonds is 2. The number of hydrogen-bond donors (Lipinski definition) is 0. The largest absolute Gasteiger partial charge is 0.351 e.